The van der Waals surface area contributed by atoms with E-state index in [0.717, 1.165) is 4.75 Å². The predicted octanol–water partition coefficient (Wildman–Crippen LogP) is 3.27. The normalized spacial score (nSPS) is 25.3. The standard InChI is InChI=1S/C8H18Ge/c1-8(2)9(3)6-4-5-7-9/h8H,4-7H2,1-3H3. The molecule has 0 amide bonds. The van der Waals surface area contributed by atoms with Gasteiger partial charge in [0.1, 0.15) is 0 Å². The van der Waals surface area contributed by atoms with Gasteiger partial charge in [-0.1, -0.05) is 0 Å². The van der Waals surface area contributed by atoms with Gasteiger partial charge in [0.15, 0.2) is 0 Å². The molecule has 0 unspecified atom stereocenters. The maximum atomic E-state index is 2.62. The first-order valence-corrected chi connectivity index (χ1v) is 10.4. The Kier molecular flexibility index (Phi) is 2.25. The molecule has 1 heteroatoms. The van der Waals surface area contributed by atoms with Crippen molar-refractivity contribution < 1.29 is 0 Å². The van der Waals surface area contributed by atoms with Crippen LogP contribution in [0.5, 0.6) is 0 Å². The second-order valence-corrected chi connectivity index (χ2v) is 15.5. The molecule has 0 bridgehead atoms. The Balaban J connectivity index is 2.51. The van der Waals surface area contributed by atoms with Crippen molar-refractivity contribution in [3.63, 3.8) is 0 Å². The first-order chi connectivity index (χ1) is 4.15. The summed E-state index contributed by atoms with van der Waals surface area (Å²) in [7, 11) is 0. The first kappa shape index (κ1) is 7.65. The van der Waals surface area contributed by atoms with E-state index in [2.05, 4.69) is 19.6 Å². The molecule has 1 saturated heterocycles. The van der Waals surface area contributed by atoms with Crippen molar-refractivity contribution in [2.45, 2.75) is 47.7 Å². The van der Waals surface area contributed by atoms with E-state index in [0.29, 0.717) is 0 Å². The number of rotatable bonds is 1. The third kappa shape index (κ3) is 1.51. The van der Waals surface area contributed by atoms with Crippen LogP contribution in [0.25, 0.3) is 0 Å². The van der Waals surface area contributed by atoms with Crippen molar-refractivity contribution in [3.8, 4) is 0 Å². The SMILES string of the molecule is C[CH](C)[Ge]1([CH3])[CH2]CC[CH2]1. The van der Waals surface area contributed by atoms with Crippen LogP contribution in [0.15, 0.2) is 0 Å². The molecule has 0 nitrogen and oxygen atoms in total. The summed E-state index contributed by atoms with van der Waals surface area (Å²) in [4.78, 5) is 0. The third-order valence-corrected chi connectivity index (χ3v) is 15.3. The molecule has 0 radical (unpaired) electrons. The van der Waals surface area contributed by atoms with Gasteiger partial charge in [0.25, 0.3) is 0 Å². The summed E-state index contributed by atoms with van der Waals surface area (Å²) in [5.41, 5.74) is 0. The minimum atomic E-state index is -1.14. The number of hydrogen-bond acceptors (Lipinski definition) is 0. The Labute approximate surface area is 61.4 Å². The Morgan fingerprint density at radius 3 is 1.78 bits per heavy atom. The van der Waals surface area contributed by atoms with Gasteiger partial charge in [0.2, 0.25) is 0 Å². The summed E-state index contributed by atoms with van der Waals surface area (Å²) < 4.78 is 1.08. The van der Waals surface area contributed by atoms with Crippen molar-refractivity contribution in [2.24, 2.45) is 0 Å². The van der Waals surface area contributed by atoms with E-state index in [-0.39, 0.29) is 0 Å². The molecule has 1 fully saturated rings. The molecule has 0 atom stereocenters. The Morgan fingerprint density at radius 1 is 1.11 bits per heavy atom. The molecule has 0 aromatic heterocycles. The monoisotopic (exact) mass is 188 g/mol. The van der Waals surface area contributed by atoms with Crippen LogP contribution >= 0.6 is 0 Å². The summed E-state index contributed by atoms with van der Waals surface area (Å²) in [6.45, 7) is 4.87. The van der Waals surface area contributed by atoms with Gasteiger partial charge in [-0.2, -0.15) is 0 Å². The van der Waals surface area contributed by atoms with Gasteiger partial charge in [-0.15, -0.1) is 0 Å². The fourth-order valence-corrected chi connectivity index (χ4v) is 9.15. The zero-order chi connectivity index (χ0) is 6.91. The van der Waals surface area contributed by atoms with Crippen LogP contribution in [0, 0.1) is 0 Å². The van der Waals surface area contributed by atoms with E-state index >= 15 is 0 Å². The van der Waals surface area contributed by atoms with Crippen LogP contribution in [0.4, 0.5) is 0 Å². The van der Waals surface area contributed by atoms with Crippen molar-refractivity contribution in [1.82, 2.24) is 0 Å². The van der Waals surface area contributed by atoms with Crippen molar-refractivity contribution in [3.05, 3.63) is 0 Å². The van der Waals surface area contributed by atoms with E-state index in [1.54, 1.807) is 23.3 Å². The molecule has 0 aromatic rings. The molecule has 0 aromatic carbocycles. The zero-order valence-electron chi connectivity index (χ0n) is 6.91. The van der Waals surface area contributed by atoms with Crippen molar-refractivity contribution >= 4 is 13.3 Å². The van der Waals surface area contributed by atoms with Crippen LogP contribution < -0.4 is 0 Å². The second-order valence-electron chi connectivity index (χ2n) is 4.02. The molecule has 1 heterocycles. The average molecular weight is 187 g/mol. The summed E-state index contributed by atoms with van der Waals surface area (Å²) in [5, 5.41) is 3.30. The topological polar surface area (TPSA) is 0 Å². The molecule has 9 heavy (non-hydrogen) atoms. The summed E-state index contributed by atoms with van der Waals surface area (Å²) in [6.07, 6.45) is 3.10. The molecule has 0 saturated carbocycles. The molecule has 0 spiro atoms. The van der Waals surface area contributed by atoms with Crippen LogP contribution in [0.2, 0.25) is 21.0 Å². The fourth-order valence-electron chi connectivity index (χ4n) is 1.76. The van der Waals surface area contributed by atoms with Gasteiger partial charge < -0.3 is 0 Å². The van der Waals surface area contributed by atoms with Crippen LogP contribution in [-0.2, 0) is 0 Å². The summed E-state index contributed by atoms with van der Waals surface area (Å²) in [6, 6.07) is 0. The van der Waals surface area contributed by atoms with Gasteiger partial charge in [-0.3, -0.25) is 0 Å². The van der Waals surface area contributed by atoms with E-state index in [1.165, 1.54) is 0 Å². The Morgan fingerprint density at radius 2 is 1.56 bits per heavy atom. The predicted molar refractivity (Wildman–Crippen MR) is 45.6 cm³/mol. The molecule has 1 rings (SSSR count). The van der Waals surface area contributed by atoms with Gasteiger partial charge in [0, 0.05) is 0 Å². The zero-order valence-corrected chi connectivity index (χ0v) is 9.00. The Hall–Kier alpha value is 0.543. The molecule has 0 aliphatic carbocycles. The molecule has 54 valence electrons. The van der Waals surface area contributed by atoms with E-state index in [4.69, 9.17) is 0 Å². The summed E-state index contributed by atoms with van der Waals surface area (Å²) >= 11 is -1.14. The second kappa shape index (κ2) is 2.65. The van der Waals surface area contributed by atoms with E-state index in [1.807, 2.05) is 0 Å². The van der Waals surface area contributed by atoms with Gasteiger partial charge >= 0.3 is 61.0 Å². The maximum absolute atomic E-state index is 2.62. The third-order valence-electron chi connectivity index (χ3n) is 3.14. The number of hydrogen-bond donors (Lipinski definition) is 0. The molecular weight excluding hydrogens is 169 g/mol. The van der Waals surface area contributed by atoms with Crippen LogP contribution in [0.3, 0.4) is 0 Å². The molecule has 1 aliphatic rings. The van der Waals surface area contributed by atoms with Crippen molar-refractivity contribution in [1.29, 1.82) is 0 Å². The fraction of sp³-hybridized carbons (Fsp3) is 1.00. The average Bonchev–Trinajstić information content (AvgIpc) is 2.16. The molecule has 1 aliphatic heterocycles. The Bertz CT molecular complexity index is 90.7. The molecular formula is C8H18Ge. The van der Waals surface area contributed by atoms with E-state index in [9.17, 15) is 0 Å². The van der Waals surface area contributed by atoms with Crippen LogP contribution in [0.1, 0.15) is 26.7 Å². The van der Waals surface area contributed by atoms with Gasteiger partial charge in [-0.25, -0.2) is 0 Å². The van der Waals surface area contributed by atoms with Crippen molar-refractivity contribution in [2.75, 3.05) is 0 Å². The first-order valence-electron chi connectivity index (χ1n) is 4.15. The quantitative estimate of drug-likeness (QED) is 0.552. The van der Waals surface area contributed by atoms with Gasteiger partial charge in [0.05, 0.1) is 0 Å². The summed E-state index contributed by atoms with van der Waals surface area (Å²) in [5.74, 6) is 2.62. The van der Waals surface area contributed by atoms with E-state index < -0.39 is 13.3 Å². The molecule has 0 N–H and O–H groups in total. The van der Waals surface area contributed by atoms with Crippen LogP contribution in [-0.4, -0.2) is 13.3 Å². The minimum absolute atomic E-state index is 1.08. The van der Waals surface area contributed by atoms with Gasteiger partial charge in [-0.05, 0) is 0 Å².